The van der Waals surface area contributed by atoms with Crippen molar-refractivity contribution in [1.29, 1.82) is 0 Å². The molecular formula is C82H160O17P2. The first-order valence-corrected chi connectivity index (χ1v) is 45.5. The van der Waals surface area contributed by atoms with Crippen LogP contribution in [-0.2, 0) is 65.4 Å². The molecule has 5 atom stereocenters. The summed E-state index contributed by atoms with van der Waals surface area (Å²) in [5.74, 6) is -0.741. The van der Waals surface area contributed by atoms with E-state index in [9.17, 15) is 43.2 Å². The summed E-state index contributed by atoms with van der Waals surface area (Å²) in [5, 5.41) is 10.6. The van der Waals surface area contributed by atoms with Crippen LogP contribution in [0.5, 0.6) is 0 Å². The molecule has 0 rings (SSSR count). The lowest BCUT2D eigenvalue weighted by molar-refractivity contribution is -0.161. The van der Waals surface area contributed by atoms with Crippen LogP contribution < -0.4 is 0 Å². The maximum absolute atomic E-state index is 13.1. The number of aliphatic hydroxyl groups excluding tert-OH is 1. The number of rotatable bonds is 81. The Labute approximate surface area is 619 Å². The highest BCUT2D eigenvalue weighted by atomic mass is 31.2. The Morgan fingerprint density at radius 1 is 0.267 bits per heavy atom. The van der Waals surface area contributed by atoms with Gasteiger partial charge in [-0.15, -0.1) is 0 Å². The van der Waals surface area contributed by atoms with E-state index in [2.05, 4.69) is 41.5 Å². The topological polar surface area (TPSA) is 237 Å². The second-order valence-electron chi connectivity index (χ2n) is 30.5. The van der Waals surface area contributed by atoms with Gasteiger partial charge in [-0.3, -0.25) is 37.3 Å². The van der Waals surface area contributed by atoms with E-state index in [0.717, 1.165) is 96.3 Å². The quantitative estimate of drug-likeness (QED) is 0.0222. The fourth-order valence-electron chi connectivity index (χ4n) is 12.7. The number of phosphoric ester groups is 2. The number of aliphatic hydroxyl groups is 1. The molecule has 3 N–H and O–H groups in total. The molecule has 2 unspecified atom stereocenters. The molecule has 0 spiro atoms. The second kappa shape index (κ2) is 73.6. The maximum Gasteiger partial charge on any atom is 0.472 e. The normalized spacial score (nSPS) is 13.9. The first kappa shape index (κ1) is 99.1. The van der Waals surface area contributed by atoms with Crippen molar-refractivity contribution >= 4 is 39.5 Å². The standard InChI is InChI=1S/C82H160O17P2/c1-7-9-11-13-15-17-19-21-23-25-27-29-31-33-35-37-39-41-45-52-58-64-79(84)92-70-77(98-81(86)66-60-54-46-42-40-38-36-34-32-30-28-26-24-22-20-18-16-14-12-10-8-2)72-96-100(88,89)94-68-76(83)69-95-101(90,91)97-73-78(71-93-80(85)65-59-53-49-48-51-57-63-75(5)6)99-82(87)67-61-55-47-43-44-50-56-62-74(3)4/h74-78,83H,7-73H2,1-6H3,(H,88,89)(H,90,91)/t76-,77-,78-/m1/s1. The summed E-state index contributed by atoms with van der Waals surface area (Å²) in [6, 6.07) is 0. The van der Waals surface area contributed by atoms with E-state index >= 15 is 0 Å². The zero-order valence-corrected chi connectivity index (χ0v) is 68.0. The summed E-state index contributed by atoms with van der Waals surface area (Å²) in [5.41, 5.74) is 0. The van der Waals surface area contributed by atoms with E-state index in [-0.39, 0.29) is 25.7 Å². The molecular weight excluding hydrogens is 1320 g/mol. The fourth-order valence-corrected chi connectivity index (χ4v) is 14.3. The molecule has 0 saturated carbocycles. The van der Waals surface area contributed by atoms with Crippen molar-refractivity contribution in [2.45, 2.75) is 452 Å². The molecule has 0 aliphatic heterocycles. The summed E-state index contributed by atoms with van der Waals surface area (Å²) in [6.45, 7) is 9.47. The molecule has 17 nitrogen and oxygen atoms in total. The van der Waals surface area contributed by atoms with Crippen molar-refractivity contribution in [2.24, 2.45) is 11.8 Å². The molecule has 0 saturated heterocycles. The maximum atomic E-state index is 13.1. The average Bonchev–Trinajstić information content (AvgIpc) is 0.979. The number of unbranched alkanes of at least 4 members (excludes halogenated alkanes) is 51. The van der Waals surface area contributed by atoms with Crippen LogP contribution in [0.4, 0.5) is 0 Å². The van der Waals surface area contributed by atoms with Crippen molar-refractivity contribution in [1.82, 2.24) is 0 Å². The minimum Gasteiger partial charge on any atom is -0.462 e. The minimum absolute atomic E-state index is 0.103. The van der Waals surface area contributed by atoms with Gasteiger partial charge in [0.2, 0.25) is 0 Å². The molecule has 600 valence electrons. The largest absolute Gasteiger partial charge is 0.472 e. The molecule has 0 aliphatic rings. The molecule has 0 aromatic rings. The molecule has 19 heteroatoms. The van der Waals surface area contributed by atoms with Crippen LogP contribution in [0.15, 0.2) is 0 Å². The van der Waals surface area contributed by atoms with E-state index in [0.29, 0.717) is 37.5 Å². The lowest BCUT2D eigenvalue weighted by Gasteiger charge is -2.21. The molecule has 0 aliphatic carbocycles. The third kappa shape index (κ3) is 76.1. The smallest absolute Gasteiger partial charge is 0.462 e. The van der Waals surface area contributed by atoms with E-state index in [1.807, 2.05) is 0 Å². The monoisotopic (exact) mass is 1480 g/mol. The Balaban J connectivity index is 5.16. The van der Waals surface area contributed by atoms with Gasteiger partial charge in [0.1, 0.15) is 19.3 Å². The highest BCUT2D eigenvalue weighted by molar-refractivity contribution is 7.47. The van der Waals surface area contributed by atoms with Gasteiger partial charge in [0.15, 0.2) is 12.2 Å². The van der Waals surface area contributed by atoms with Crippen LogP contribution in [0.2, 0.25) is 0 Å². The summed E-state index contributed by atoms with van der Waals surface area (Å²) >= 11 is 0. The molecule has 0 aromatic heterocycles. The van der Waals surface area contributed by atoms with E-state index in [1.165, 1.54) is 244 Å². The number of carbonyl (C=O) groups is 4. The zero-order valence-electron chi connectivity index (χ0n) is 66.2. The summed E-state index contributed by atoms with van der Waals surface area (Å²) in [7, 11) is -9.92. The minimum atomic E-state index is -4.96. The molecule has 0 amide bonds. The Hall–Kier alpha value is -1.94. The Kier molecular flexibility index (Phi) is 72.2. The Bertz CT molecular complexity index is 1940. The summed E-state index contributed by atoms with van der Waals surface area (Å²) in [6.07, 6.45) is 64.5. The molecule has 0 radical (unpaired) electrons. The lowest BCUT2D eigenvalue weighted by Crippen LogP contribution is -2.30. The third-order valence-electron chi connectivity index (χ3n) is 19.2. The molecule has 0 heterocycles. The van der Waals surface area contributed by atoms with Crippen molar-refractivity contribution in [3.05, 3.63) is 0 Å². The van der Waals surface area contributed by atoms with E-state index < -0.39 is 97.5 Å². The summed E-state index contributed by atoms with van der Waals surface area (Å²) in [4.78, 5) is 72.9. The van der Waals surface area contributed by atoms with Crippen LogP contribution in [0.25, 0.3) is 0 Å². The van der Waals surface area contributed by atoms with Gasteiger partial charge in [-0.1, -0.05) is 382 Å². The Morgan fingerprint density at radius 3 is 0.673 bits per heavy atom. The van der Waals surface area contributed by atoms with Crippen LogP contribution in [0.1, 0.15) is 433 Å². The number of carbonyl (C=O) groups excluding carboxylic acids is 4. The van der Waals surface area contributed by atoms with Gasteiger partial charge in [-0.2, -0.15) is 0 Å². The van der Waals surface area contributed by atoms with Gasteiger partial charge in [-0.25, -0.2) is 9.13 Å². The molecule has 0 aromatic carbocycles. The summed E-state index contributed by atoms with van der Waals surface area (Å²) < 4.78 is 68.6. The van der Waals surface area contributed by atoms with Crippen molar-refractivity contribution < 1.29 is 80.2 Å². The van der Waals surface area contributed by atoms with Gasteiger partial charge in [0.25, 0.3) is 0 Å². The van der Waals surface area contributed by atoms with Crippen molar-refractivity contribution in [3.63, 3.8) is 0 Å². The van der Waals surface area contributed by atoms with Crippen LogP contribution >= 0.6 is 15.6 Å². The predicted octanol–water partition coefficient (Wildman–Crippen LogP) is 24.7. The average molecular weight is 1480 g/mol. The predicted molar refractivity (Wildman–Crippen MR) is 414 cm³/mol. The van der Waals surface area contributed by atoms with Gasteiger partial charge >= 0.3 is 39.5 Å². The first-order valence-electron chi connectivity index (χ1n) is 42.5. The van der Waals surface area contributed by atoms with Crippen molar-refractivity contribution in [2.75, 3.05) is 39.6 Å². The highest BCUT2D eigenvalue weighted by Crippen LogP contribution is 2.45. The lowest BCUT2D eigenvalue weighted by atomic mass is 10.0. The SMILES string of the molecule is CCCCCCCCCCCCCCCCCCCCCCCC(=O)OC[C@H](COP(=O)(O)OC[C@@H](O)COP(=O)(O)OC[C@@H](COC(=O)CCCCCCCCC(C)C)OC(=O)CCCCCCCCCC(C)C)OC(=O)CCCCCCCCCCCCCCCCCCCCCCC. The van der Waals surface area contributed by atoms with Crippen LogP contribution in [-0.4, -0.2) is 96.7 Å². The van der Waals surface area contributed by atoms with Gasteiger partial charge < -0.3 is 33.8 Å². The third-order valence-corrected chi connectivity index (χ3v) is 21.1. The number of esters is 4. The molecule has 0 bridgehead atoms. The van der Waals surface area contributed by atoms with E-state index in [4.69, 9.17) is 37.0 Å². The number of ether oxygens (including phenoxy) is 4. The zero-order chi connectivity index (χ0) is 74.2. The molecule has 0 fully saturated rings. The van der Waals surface area contributed by atoms with Crippen LogP contribution in [0, 0.1) is 11.8 Å². The van der Waals surface area contributed by atoms with Crippen LogP contribution in [0.3, 0.4) is 0 Å². The fraction of sp³-hybridized carbons (Fsp3) is 0.951. The van der Waals surface area contributed by atoms with Gasteiger partial charge in [0.05, 0.1) is 26.4 Å². The number of hydrogen-bond acceptors (Lipinski definition) is 15. The first-order chi connectivity index (χ1) is 48.9. The van der Waals surface area contributed by atoms with Gasteiger partial charge in [0, 0.05) is 25.7 Å². The van der Waals surface area contributed by atoms with Gasteiger partial charge in [-0.05, 0) is 37.5 Å². The number of hydrogen-bond donors (Lipinski definition) is 3. The van der Waals surface area contributed by atoms with E-state index in [1.54, 1.807) is 0 Å². The van der Waals surface area contributed by atoms with Crippen molar-refractivity contribution in [3.8, 4) is 0 Å². The Morgan fingerprint density at radius 2 is 0.455 bits per heavy atom. The number of phosphoric acid groups is 2. The molecule has 101 heavy (non-hydrogen) atoms. The highest BCUT2D eigenvalue weighted by Gasteiger charge is 2.30. The second-order valence-corrected chi connectivity index (χ2v) is 33.4.